The Morgan fingerprint density at radius 2 is 1.57 bits per heavy atom. The van der Waals surface area contributed by atoms with Gasteiger partial charge in [-0.15, -0.1) is 13.2 Å². The lowest BCUT2D eigenvalue weighted by Crippen LogP contribution is -2.56. The second-order valence-electron chi connectivity index (χ2n) is 5.84. The predicted octanol–water partition coefficient (Wildman–Crippen LogP) is 1.59. The number of rotatable bonds is 9. The molecule has 1 heterocycles. The van der Waals surface area contributed by atoms with E-state index < -0.39 is 6.10 Å². The molecule has 0 aromatic heterocycles. The monoisotopic (exact) mass is 317 g/mol. The summed E-state index contributed by atoms with van der Waals surface area (Å²) in [5.74, 6) is 0.784. The minimum Gasteiger partial charge on any atom is -0.491 e. The van der Waals surface area contributed by atoms with E-state index in [0.29, 0.717) is 13.2 Å². The number of hydrogen-bond donors (Lipinski definition) is 1. The van der Waals surface area contributed by atoms with E-state index in [-0.39, 0.29) is 0 Å². The van der Waals surface area contributed by atoms with Crippen LogP contribution in [0.4, 0.5) is 0 Å². The standard InChI is InChI=1S/C18H27N3O2/c1-3-10-19-14-20(11-4-2)16-21(15-19)12-17(22)13-23-18-8-6-5-7-9-18/h3-9,17,22H,1-2,10-16H2. The van der Waals surface area contributed by atoms with Crippen LogP contribution >= 0.6 is 0 Å². The van der Waals surface area contributed by atoms with Crippen LogP contribution in [0.15, 0.2) is 55.6 Å². The van der Waals surface area contributed by atoms with Gasteiger partial charge >= 0.3 is 0 Å². The molecule has 1 aliphatic rings. The minimum absolute atomic E-state index is 0.295. The Kier molecular flexibility index (Phi) is 7.29. The van der Waals surface area contributed by atoms with E-state index in [4.69, 9.17) is 4.74 Å². The van der Waals surface area contributed by atoms with Crippen LogP contribution in [0.1, 0.15) is 0 Å². The van der Waals surface area contributed by atoms with E-state index in [2.05, 4.69) is 27.9 Å². The highest BCUT2D eigenvalue weighted by atomic mass is 16.5. The third kappa shape index (κ3) is 6.15. The van der Waals surface area contributed by atoms with Gasteiger partial charge in [-0.25, -0.2) is 0 Å². The Labute approximate surface area is 139 Å². The Morgan fingerprint density at radius 1 is 1.00 bits per heavy atom. The maximum atomic E-state index is 10.3. The summed E-state index contributed by atoms with van der Waals surface area (Å²) < 4.78 is 5.62. The zero-order valence-corrected chi connectivity index (χ0v) is 13.7. The first-order valence-corrected chi connectivity index (χ1v) is 7.96. The van der Waals surface area contributed by atoms with E-state index in [0.717, 1.165) is 38.8 Å². The number of aliphatic hydroxyl groups is 1. The highest BCUT2D eigenvalue weighted by Crippen LogP contribution is 2.11. The summed E-state index contributed by atoms with van der Waals surface area (Å²) in [4.78, 5) is 6.78. The van der Waals surface area contributed by atoms with Gasteiger partial charge in [-0.2, -0.15) is 0 Å². The molecular weight excluding hydrogens is 290 g/mol. The number of nitrogens with zero attached hydrogens (tertiary/aromatic N) is 3. The topological polar surface area (TPSA) is 39.2 Å². The molecule has 1 atom stereocenters. The van der Waals surface area contributed by atoms with Crippen molar-refractivity contribution in [1.82, 2.24) is 14.7 Å². The van der Waals surface area contributed by atoms with Crippen molar-refractivity contribution in [3.63, 3.8) is 0 Å². The summed E-state index contributed by atoms with van der Waals surface area (Å²) >= 11 is 0. The van der Waals surface area contributed by atoms with E-state index in [1.54, 1.807) is 0 Å². The number of aliphatic hydroxyl groups excluding tert-OH is 1. The van der Waals surface area contributed by atoms with Gasteiger partial charge in [0.05, 0.1) is 20.0 Å². The van der Waals surface area contributed by atoms with Crippen LogP contribution in [0.3, 0.4) is 0 Å². The summed E-state index contributed by atoms with van der Waals surface area (Å²) in [5.41, 5.74) is 0. The van der Waals surface area contributed by atoms with Crippen LogP contribution in [0.2, 0.25) is 0 Å². The molecule has 5 heteroatoms. The Balaban J connectivity index is 1.81. The molecule has 1 aliphatic heterocycles. The van der Waals surface area contributed by atoms with Crippen LogP contribution in [-0.4, -0.2) is 72.2 Å². The van der Waals surface area contributed by atoms with E-state index in [9.17, 15) is 5.11 Å². The molecule has 0 saturated carbocycles. The quantitative estimate of drug-likeness (QED) is 0.700. The fourth-order valence-electron chi connectivity index (χ4n) is 2.75. The van der Waals surface area contributed by atoms with Gasteiger partial charge in [0.15, 0.2) is 0 Å². The second-order valence-corrected chi connectivity index (χ2v) is 5.84. The first-order valence-electron chi connectivity index (χ1n) is 7.96. The average Bonchev–Trinajstić information content (AvgIpc) is 2.54. The Morgan fingerprint density at radius 3 is 2.13 bits per heavy atom. The van der Waals surface area contributed by atoms with Gasteiger partial charge in [-0.05, 0) is 12.1 Å². The average molecular weight is 317 g/mol. The molecule has 1 N–H and O–H groups in total. The van der Waals surface area contributed by atoms with E-state index in [1.807, 2.05) is 42.5 Å². The molecule has 1 unspecified atom stereocenters. The van der Waals surface area contributed by atoms with Crippen LogP contribution in [0.5, 0.6) is 5.75 Å². The molecule has 0 aliphatic carbocycles. The molecule has 1 saturated heterocycles. The van der Waals surface area contributed by atoms with Gasteiger partial charge < -0.3 is 9.84 Å². The summed E-state index contributed by atoms with van der Waals surface area (Å²) in [6.07, 6.45) is 3.29. The molecule has 0 bridgehead atoms. The van der Waals surface area contributed by atoms with Crippen molar-refractivity contribution < 1.29 is 9.84 Å². The second kappa shape index (κ2) is 9.47. The molecule has 23 heavy (non-hydrogen) atoms. The van der Waals surface area contributed by atoms with Crippen molar-refractivity contribution in [2.45, 2.75) is 6.10 Å². The van der Waals surface area contributed by atoms with Gasteiger partial charge in [-0.3, -0.25) is 14.7 Å². The zero-order valence-electron chi connectivity index (χ0n) is 13.7. The van der Waals surface area contributed by atoms with Crippen molar-refractivity contribution in [3.05, 3.63) is 55.6 Å². The highest BCUT2D eigenvalue weighted by Gasteiger charge is 2.23. The van der Waals surface area contributed by atoms with Crippen molar-refractivity contribution in [3.8, 4) is 5.75 Å². The highest BCUT2D eigenvalue weighted by molar-refractivity contribution is 5.20. The SMILES string of the molecule is C=CCN1CN(CC=C)CN(CC(O)COc2ccccc2)C1. The fraction of sp³-hybridized carbons (Fsp3) is 0.444. The first kappa shape index (κ1) is 17.7. The van der Waals surface area contributed by atoms with Crippen molar-refractivity contribution >= 4 is 0 Å². The van der Waals surface area contributed by atoms with Gasteiger partial charge in [0, 0.05) is 19.6 Å². The molecule has 0 radical (unpaired) electrons. The van der Waals surface area contributed by atoms with E-state index >= 15 is 0 Å². The van der Waals surface area contributed by atoms with Crippen molar-refractivity contribution in [2.24, 2.45) is 0 Å². The molecule has 1 aromatic rings. The van der Waals surface area contributed by atoms with Gasteiger partial charge in [0.2, 0.25) is 0 Å². The van der Waals surface area contributed by atoms with Crippen LogP contribution in [0, 0.1) is 0 Å². The molecule has 126 valence electrons. The lowest BCUT2D eigenvalue weighted by molar-refractivity contribution is -0.0423. The Hall–Kier alpha value is -1.66. The van der Waals surface area contributed by atoms with Crippen LogP contribution < -0.4 is 4.74 Å². The van der Waals surface area contributed by atoms with Gasteiger partial charge in [-0.1, -0.05) is 30.4 Å². The maximum absolute atomic E-state index is 10.3. The zero-order chi connectivity index (χ0) is 16.5. The summed E-state index contributed by atoms with van der Waals surface area (Å²) in [6, 6.07) is 9.58. The van der Waals surface area contributed by atoms with Crippen molar-refractivity contribution in [2.75, 3.05) is 46.2 Å². The largest absolute Gasteiger partial charge is 0.491 e. The molecule has 0 amide bonds. The molecular formula is C18H27N3O2. The van der Waals surface area contributed by atoms with Crippen LogP contribution in [0.25, 0.3) is 0 Å². The third-order valence-corrected chi connectivity index (χ3v) is 3.63. The summed E-state index contributed by atoms with van der Waals surface area (Å²) in [5, 5.41) is 10.3. The minimum atomic E-state index is -0.524. The smallest absolute Gasteiger partial charge is 0.119 e. The summed E-state index contributed by atoms with van der Waals surface area (Å²) in [6.45, 7) is 12.7. The van der Waals surface area contributed by atoms with Gasteiger partial charge in [0.25, 0.3) is 0 Å². The molecule has 1 aromatic carbocycles. The number of hydrogen-bond acceptors (Lipinski definition) is 5. The predicted molar refractivity (Wildman–Crippen MR) is 93.1 cm³/mol. The normalized spacial score (nSPS) is 18.5. The number of ether oxygens (including phenoxy) is 1. The first-order chi connectivity index (χ1) is 11.2. The fourth-order valence-corrected chi connectivity index (χ4v) is 2.75. The summed E-state index contributed by atoms with van der Waals surface area (Å²) in [7, 11) is 0. The number of para-hydroxylation sites is 1. The lowest BCUT2D eigenvalue weighted by Gasteiger charge is -2.42. The maximum Gasteiger partial charge on any atom is 0.119 e. The van der Waals surface area contributed by atoms with Crippen molar-refractivity contribution in [1.29, 1.82) is 0 Å². The molecule has 5 nitrogen and oxygen atoms in total. The lowest BCUT2D eigenvalue weighted by atomic mass is 10.3. The van der Waals surface area contributed by atoms with Gasteiger partial charge in [0.1, 0.15) is 18.5 Å². The Bertz CT molecular complexity index is 462. The van der Waals surface area contributed by atoms with Crippen LogP contribution in [-0.2, 0) is 0 Å². The molecule has 1 fully saturated rings. The third-order valence-electron chi connectivity index (χ3n) is 3.63. The number of benzene rings is 1. The molecule has 2 rings (SSSR count). The molecule has 0 spiro atoms. The van der Waals surface area contributed by atoms with E-state index in [1.165, 1.54) is 0 Å². The number of β-amino-alcohol motifs (C(OH)–C–C–N with tert-alkyl or cyclic N) is 1.